The van der Waals surface area contributed by atoms with Crippen LogP contribution in [0.25, 0.3) is 0 Å². The molecule has 2 rings (SSSR count). The van der Waals surface area contributed by atoms with Crippen molar-refractivity contribution in [3.63, 3.8) is 0 Å². The molecule has 2 heterocycles. The first-order chi connectivity index (χ1) is 9.47. The van der Waals surface area contributed by atoms with Gasteiger partial charge in [-0.15, -0.1) is 11.3 Å². The fourth-order valence-corrected chi connectivity index (χ4v) is 4.03. The van der Waals surface area contributed by atoms with E-state index in [9.17, 15) is 9.59 Å². The van der Waals surface area contributed by atoms with E-state index < -0.39 is 5.97 Å². The second kappa shape index (κ2) is 6.89. The van der Waals surface area contributed by atoms with Gasteiger partial charge >= 0.3 is 5.97 Å². The van der Waals surface area contributed by atoms with Crippen LogP contribution in [0.4, 0.5) is 0 Å². The third-order valence-electron chi connectivity index (χ3n) is 3.86. The third-order valence-corrected chi connectivity index (χ3v) is 5.65. The van der Waals surface area contributed by atoms with Crippen molar-refractivity contribution in [1.82, 2.24) is 4.90 Å². The summed E-state index contributed by atoms with van der Waals surface area (Å²) in [7, 11) is 0. The lowest BCUT2D eigenvalue weighted by Crippen LogP contribution is -2.41. The lowest BCUT2D eigenvalue weighted by atomic mass is 9.84. The van der Waals surface area contributed by atoms with E-state index in [2.05, 4.69) is 22.6 Å². The van der Waals surface area contributed by atoms with E-state index in [1.165, 1.54) is 0 Å². The molecule has 1 aromatic rings. The number of piperidine rings is 1. The number of amides is 1. The Morgan fingerprint density at radius 2 is 2.35 bits per heavy atom. The Morgan fingerprint density at radius 1 is 1.60 bits per heavy atom. The first kappa shape index (κ1) is 15.8. The van der Waals surface area contributed by atoms with E-state index in [4.69, 9.17) is 5.11 Å². The van der Waals surface area contributed by atoms with Crippen LogP contribution in [0.15, 0.2) is 11.4 Å². The number of thiophene rings is 1. The van der Waals surface area contributed by atoms with Crippen molar-refractivity contribution in [2.45, 2.75) is 26.2 Å². The average molecular weight is 407 g/mol. The van der Waals surface area contributed by atoms with E-state index in [1.54, 1.807) is 11.3 Å². The fourth-order valence-electron chi connectivity index (χ4n) is 2.71. The molecule has 2 atom stereocenters. The molecule has 1 N–H and O–H groups in total. The van der Waals surface area contributed by atoms with Crippen LogP contribution < -0.4 is 0 Å². The summed E-state index contributed by atoms with van der Waals surface area (Å²) in [5.74, 6) is -0.267. The number of carboxylic acids is 1. The molecule has 1 saturated heterocycles. The second-order valence-corrected chi connectivity index (χ2v) is 8.17. The summed E-state index contributed by atoms with van der Waals surface area (Å²) in [5, 5.41) is 10.8. The van der Waals surface area contributed by atoms with Crippen molar-refractivity contribution in [3.05, 3.63) is 19.9 Å². The summed E-state index contributed by atoms with van der Waals surface area (Å²) in [4.78, 5) is 25.1. The summed E-state index contributed by atoms with van der Waals surface area (Å²) >= 11 is 3.79. The first-order valence-electron chi connectivity index (χ1n) is 6.72. The topological polar surface area (TPSA) is 57.6 Å². The number of carbonyl (C=O) groups is 2. The highest BCUT2D eigenvalue weighted by Crippen LogP contribution is 2.27. The average Bonchev–Trinajstić information content (AvgIpc) is 2.84. The van der Waals surface area contributed by atoms with E-state index in [-0.39, 0.29) is 18.2 Å². The molecule has 2 unspecified atom stereocenters. The number of carbonyl (C=O) groups excluding carboxylic acids is 1. The molecule has 0 spiro atoms. The van der Waals surface area contributed by atoms with Crippen LogP contribution >= 0.6 is 33.9 Å². The van der Waals surface area contributed by atoms with Gasteiger partial charge < -0.3 is 10.0 Å². The summed E-state index contributed by atoms with van der Waals surface area (Å²) < 4.78 is 1.11. The van der Waals surface area contributed by atoms with Crippen molar-refractivity contribution in [3.8, 4) is 0 Å². The Morgan fingerprint density at radius 3 is 2.95 bits per heavy atom. The minimum atomic E-state index is -0.756. The minimum absolute atomic E-state index is 0.0800. The maximum Gasteiger partial charge on any atom is 0.303 e. The van der Waals surface area contributed by atoms with Gasteiger partial charge in [0, 0.05) is 24.9 Å². The first-order valence-corrected chi connectivity index (χ1v) is 8.68. The van der Waals surface area contributed by atoms with Gasteiger partial charge in [0.05, 0.1) is 8.45 Å². The number of rotatable bonds is 4. The predicted molar refractivity (Wildman–Crippen MR) is 87.1 cm³/mol. The Labute approximate surface area is 136 Å². The molecule has 0 aliphatic carbocycles. The normalized spacial score (nSPS) is 20.7. The lowest BCUT2D eigenvalue weighted by molar-refractivity contribution is -0.138. The quantitative estimate of drug-likeness (QED) is 0.780. The van der Waals surface area contributed by atoms with Gasteiger partial charge in [-0.1, -0.05) is 6.92 Å². The van der Waals surface area contributed by atoms with Gasteiger partial charge in [0.25, 0.3) is 5.91 Å². The molecule has 1 aliphatic rings. The SMILES string of the molecule is CC(CC(=O)O)C1CCCN(C(=O)c2csc(I)c2)C1. The molecule has 0 saturated carbocycles. The van der Waals surface area contributed by atoms with Crippen LogP contribution in [0.5, 0.6) is 0 Å². The van der Waals surface area contributed by atoms with E-state index >= 15 is 0 Å². The van der Waals surface area contributed by atoms with E-state index in [0.717, 1.165) is 27.8 Å². The van der Waals surface area contributed by atoms with Gasteiger partial charge in [-0.05, 0) is 53.3 Å². The molecule has 1 fully saturated rings. The summed E-state index contributed by atoms with van der Waals surface area (Å²) in [6, 6.07) is 1.91. The lowest BCUT2D eigenvalue weighted by Gasteiger charge is -2.35. The molecule has 4 nitrogen and oxygen atoms in total. The van der Waals surface area contributed by atoms with Gasteiger partial charge in [-0.3, -0.25) is 9.59 Å². The van der Waals surface area contributed by atoms with Crippen LogP contribution in [0, 0.1) is 14.7 Å². The molecule has 1 aliphatic heterocycles. The molecule has 20 heavy (non-hydrogen) atoms. The highest BCUT2D eigenvalue weighted by Gasteiger charge is 2.29. The number of halogens is 1. The maximum absolute atomic E-state index is 12.4. The van der Waals surface area contributed by atoms with Gasteiger partial charge in [-0.25, -0.2) is 0 Å². The standard InChI is InChI=1S/C14H18INO3S/c1-9(5-13(17)18)10-3-2-4-16(7-10)14(19)11-6-12(15)20-8-11/h6,8-10H,2-5,7H2,1H3,(H,17,18). The molecular formula is C14H18INO3S. The Bertz CT molecular complexity index is 502. The van der Waals surface area contributed by atoms with Gasteiger partial charge in [-0.2, -0.15) is 0 Å². The molecule has 110 valence electrons. The molecule has 0 bridgehead atoms. The van der Waals surface area contributed by atoms with E-state index in [0.29, 0.717) is 12.5 Å². The maximum atomic E-state index is 12.4. The Balaban J connectivity index is 1.99. The Hall–Kier alpha value is -0.630. The van der Waals surface area contributed by atoms with Crippen molar-refractivity contribution in [1.29, 1.82) is 0 Å². The molecule has 1 amide bonds. The van der Waals surface area contributed by atoms with Crippen molar-refractivity contribution >= 4 is 45.8 Å². The molecule has 0 radical (unpaired) electrons. The summed E-state index contributed by atoms with van der Waals surface area (Å²) in [6.45, 7) is 3.43. The zero-order valence-corrected chi connectivity index (χ0v) is 14.3. The molecule has 6 heteroatoms. The van der Waals surface area contributed by atoms with Gasteiger partial charge in [0.15, 0.2) is 0 Å². The predicted octanol–water partition coefficient (Wildman–Crippen LogP) is 3.32. The van der Waals surface area contributed by atoms with Crippen molar-refractivity contribution < 1.29 is 14.7 Å². The highest BCUT2D eigenvalue weighted by atomic mass is 127. The number of carboxylic acid groups (broad SMARTS) is 1. The van der Waals surface area contributed by atoms with Gasteiger partial charge in [0.2, 0.25) is 0 Å². The fraction of sp³-hybridized carbons (Fsp3) is 0.571. The zero-order chi connectivity index (χ0) is 14.7. The molecule has 0 aromatic carbocycles. The summed E-state index contributed by atoms with van der Waals surface area (Å²) in [5.41, 5.74) is 0.755. The van der Waals surface area contributed by atoms with E-state index in [1.807, 2.05) is 23.3 Å². The van der Waals surface area contributed by atoms with Crippen LogP contribution in [-0.2, 0) is 4.79 Å². The monoisotopic (exact) mass is 407 g/mol. The number of nitrogens with zero attached hydrogens (tertiary/aromatic N) is 1. The Kier molecular flexibility index (Phi) is 5.42. The van der Waals surface area contributed by atoms with Crippen molar-refractivity contribution in [2.75, 3.05) is 13.1 Å². The number of hydrogen-bond acceptors (Lipinski definition) is 3. The third kappa shape index (κ3) is 3.94. The molecule has 1 aromatic heterocycles. The largest absolute Gasteiger partial charge is 0.481 e. The number of likely N-dealkylation sites (tertiary alicyclic amines) is 1. The van der Waals surface area contributed by atoms with Gasteiger partial charge in [0.1, 0.15) is 0 Å². The highest BCUT2D eigenvalue weighted by molar-refractivity contribution is 14.1. The van der Waals surface area contributed by atoms with Crippen LogP contribution in [0.3, 0.4) is 0 Å². The minimum Gasteiger partial charge on any atom is -0.481 e. The summed E-state index contributed by atoms with van der Waals surface area (Å²) in [6.07, 6.45) is 2.16. The van der Waals surface area contributed by atoms with Crippen LogP contribution in [0.1, 0.15) is 36.5 Å². The smallest absolute Gasteiger partial charge is 0.303 e. The second-order valence-electron chi connectivity index (χ2n) is 5.37. The van der Waals surface area contributed by atoms with Crippen molar-refractivity contribution in [2.24, 2.45) is 11.8 Å². The number of hydrogen-bond donors (Lipinski definition) is 1. The molecular weight excluding hydrogens is 389 g/mol. The number of aliphatic carboxylic acids is 1. The van der Waals surface area contributed by atoms with Crippen LogP contribution in [-0.4, -0.2) is 35.0 Å². The zero-order valence-electron chi connectivity index (χ0n) is 11.3. The van der Waals surface area contributed by atoms with Crippen LogP contribution in [0.2, 0.25) is 0 Å².